The van der Waals surface area contributed by atoms with Gasteiger partial charge in [0.1, 0.15) is 0 Å². The number of benzene rings is 2. The lowest BCUT2D eigenvalue weighted by Gasteiger charge is -2.11. The smallest absolute Gasteiger partial charge is 0.416 e. The molecule has 0 saturated carbocycles. The maximum atomic E-state index is 12.7. The minimum atomic E-state index is -4.40. The second kappa shape index (κ2) is 7.57. The average Bonchev–Trinajstić information content (AvgIpc) is 2.53. The molecule has 2 aromatic rings. The molecule has 8 heteroatoms. The van der Waals surface area contributed by atoms with Crippen molar-refractivity contribution in [2.24, 2.45) is 5.10 Å². The second-order valence-corrected chi connectivity index (χ2v) is 5.59. The van der Waals surface area contributed by atoms with Crippen LogP contribution in [-0.2, 0) is 6.18 Å². The summed E-state index contributed by atoms with van der Waals surface area (Å²) in [7, 11) is 3.00. The van der Waals surface area contributed by atoms with Gasteiger partial charge in [0.2, 0.25) is 0 Å². The summed E-state index contributed by atoms with van der Waals surface area (Å²) in [4.78, 5) is 0. The Labute approximate surface area is 145 Å². The van der Waals surface area contributed by atoms with Crippen LogP contribution in [0.1, 0.15) is 11.1 Å². The Hall–Kier alpha value is -2.22. The largest absolute Gasteiger partial charge is 0.493 e. The molecule has 0 bridgehead atoms. The zero-order valence-electron chi connectivity index (χ0n) is 12.8. The van der Waals surface area contributed by atoms with E-state index in [0.717, 1.165) is 16.6 Å². The fourth-order valence-corrected chi connectivity index (χ4v) is 2.45. The molecule has 4 nitrogen and oxygen atoms in total. The van der Waals surface area contributed by atoms with Crippen LogP contribution in [0.5, 0.6) is 11.5 Å². The Bertz CT molecular complexity index is 749. The molecule has 2 rings (SSSR count). The molecule has 0 atom stereocenters. The van der Waals surface area contributed by atoms with Crippen LogP contribution in [0.4, 0.5) is 18.9 Å². The van der Waals surface area contributed by atoms with Gasteiger partial charge in [-0.3, -0.25) is 5.43 Å². The van der Waals surface area contributed by atoms with Crippen molar-refractivity contribution in [3.05, 3.63) is 52.0 Å². The molecule has 0 aliphatic carbocycles. The third-order valence-electron chi connectivity index (χ3n) is 3.06. The molecule has 0 spiro atoms. The number of hydrogen-bond donors (Lipinski definition) is 1. The van der Waals surface area contributed by atoms with Crippen molar-refractivity contribution in [3.63, 3.8) is 0 Å². The molecule has 0 aliphatic heterocycles. The van der Waals surface area contributed by atoms with Crippen LogP contribution >= 0.6 is 15.9 Å². The first-order valence-corrected chi connectivity index (χ1v) is 7.52. The first-order chi connectivity index (χ1) is 11.3. The molecule has 24 heavy (non-hydrogen) atoms. The van der Waals surface area contributed by atoms with Crippen molar-refractivity contribution < 1.29 is 22.6 Å². The quantitative estimate of drug-likeness (QED) is 0.569. The van der Waals surface area contributed by atoms with Gasteiger partial charge in [-0.05, 0) is 30.3 Å². The molecule has 0 aliphatic rings. The Morgan fingerprint density at radius 3 is 2.50 bits per heavy atom. The van der Waals surface area contributed by atoms with Crippen molar-refractivity contribution in [2.45, 2.75) is 6.18 Å². The highest BCUT2D eigenvalue weighted by Crippen LogP contribution is 2.34. The Morgan fingerprint density at radius 2 is 1.88 bits per heavy atom. The van der Waals surface area contributed by atoms with Crippen molar-refractivity contribution in [1.29, 1.82) is 0 Å². The summed E-state index contributed by atoms with van der Waals surface area (Å²) in [6.07, 6.45) is -2.96. The molecule has 1 N–H and O–H groups in total. The highest BCUT2D eigenvalue weighted by Gasteiger charge is 2.30. The Morgan fingerprint density at radius 1 is 1.12 bits per heavy atom. The SMILES string of the molecule is COc1cc(Br)cc(C=NNc2cccc(C(F)(F)F)c2)c1OC. The maximum absolute atomic E-state index is 12.7. The number of hydrazone groups is 1. The molecule has 0 fully saturated rings. The predicted octanol–water partition coefficient (Wildman–Crippen LogP) is 4.93. The van der Waals surface area contributed by atoms with E-state index in [1.165, 1.54) is 32.6 Å². The van der Waals surface area contributed by atoms with Crippen LogP contribution in [0, 0.1) is 0 Å². The first-order valence-electron chi connectivity index (χ1n) is 6.73. The standard InChI is InChI=1S/C16H14BrF3N2O2/c1-23-14-8-12(17)6-10(15(14)24-2)9-21-22-13-5-3-4-11(7-13)16(18,19)20/h3-9,22H,1-2H3. The van der Waals surface area contributed by atoms with E-state index in [9.17, 15) is 13.2 Å². The first kappa shape index (κ1) is 18.1. The van der Waals surface area contributed by atoms with E-state index >= 15 is 0 Å². The zero-order valence-corrected chi connectivity index (χ0v) is 14.4. The van der Waals surface area contributed by atoms with Crippen LogP contribution in [0.15, 0.2) is 46.0 Å². The van der Waals surface area contributed by atoms with E-state index in [1.54, 1.807) is 12.1 Å². The van der Waals surface area contributed by atoms with Crippen LogP contribution in [0.25, 0.3) is 0 Å². The summed E-state index contributed by atoms with van der Waals surface area (Å²) >= 11 is 3.34. The Kier molecular flexibility index (Phi) is 5.71. The molecule has 0 unspecified atom stereocenters. The third-order valence-corrected chi connectivity index (χ3v) is 3.52. The summed E-state index contributed by atoms with van der Waals surface area (Å²) in [5.41, 5.74) is 2.65. The number of nitrogens with one attached hydrogen (secondary N) is 1. The number of hydrogen-bond acceptors (Lipinski definition) is 4. The van der Waals surface area contributed by atoms with Gasteiger partial charge in [0, 0.05) is 10.0 Å². The summed E-state index contributed by atoms with van der Waals surface area (Å²) in [6.45, 7) is 0. The fraction of sp³-hybridized carbons (Fsp3) is 0.188. The predicted molar refractivity (Wildman–Crippen MR) is 89.9 cm³/mol. The number of nitrogens with zero attached hydrogens (tertiary/aromatic N) is 1. The van der Waals surface area contributed by atoms with E-state index in [4.69, 9.17) is 9.47 Å². The van der Waals surface area contributed by atoms with Crippen molar-refractivity contribution >= 4 is 27.8 Å². The summed E-state index contributed by atoms with van der Waals surface area (Å²) in [6, 6.07) is 8.26. The van der Waals surface area contributed by atoms with Gasteiger partial charge in [-0.25, -0.2) is 0 Å². The van der Waals surface area contributed by atoms with Gasteiger partial charge in [0.05, 0.1) is 31.7 Å². The molecule has 0 radical (unpaired) electrons. The molecular formula is C16H14BrF3N2O2. The molecule has 128 valence electrons. The minimum Gasteiger partial charge on any atom is -0.493 e. The highest BCUT2D eigenvalue weighted by molar-refractivity contribution is 9.10. The van der Waals surface area contributed by atoms with E-state index in [0.29, 0.717) is 17.1 Å². The third kappa shape index (κ3) is 4.41. The van der Waals surface area contributed by atoms with E-state index in [-0.39, 0.29) is 5.69 Å². The van der Waals surface area contributed by atoms with Crippen molar-refractivity contribution in [1.82, 2.24) is 0 Å². The number of alkyl halides is 3. The number of rotatable bonds is 5. The fourth-order valence-electron chi connectivity index (χ4n) is 2.00. The molecular weight excluding hydrogens is 389 g/mol. The van der Waals surface area contributed by atoms with Crippen LogP contribution < -0.4 is 14.9 Å². The number of methoxy groups -OCH3 is 2. The van der Waals surface area contributed by atoms with E-state index in [1.807, 2.05) is 0 Å². The minimum absolute atomic E-state index is 0.224. The normalized spacial score (nSPS) is 11.6. The van der Waals surface area contributed by atoms with Gasteiger partial charge in [0.25, 0.3) is 0 Å². The monoisotopic (exact) mass is 402 g/mol. The molecule has 2 aromatic carbocycles. The van der Waals surface area contributed by atoms with E-state index in [2.05, 4.69) is 26.5 Å². The number of anilines is 1. The summed E-state index contributed by atoms with van der Waals surface area (Å²) in [5, 5.41) is 3.96. The lowest BCUT2D eigenvalue weighted by Crippen LogP contribution is -2.05. The van der Waals surface area contributed by atoms with Crippen molar-refractivity contribution in [2.75, 3.05) is 19.6 Å². The summed E-state index contributed by atoms with van der Waals surface area (Å²) in [5.74, 6) is 0.975. The topological polar surface area (TPSA) is 42.8 Å². The number of ether oxygens (including phenoxy) is 2. The lowest BCUT2D eigenvalue weighted by atomic mass is 10.2. The summed E-state index contributed by atoms with van der Waals surface area (Å²) < 4.78 is 49.3. The van der Waals surface area contributed by atoms with Crippen LogP contribution in [0.2, 0.25) is 0 Å². The second-order valence-electron chi connectivity index (χ2n) is 4.68. The van der Waals surface area contributed by atoms with E-state index < -0.39 is 11.7 Å². The lowest BCUT2D eigenvalue weighted by molar-refractivity contribution is -0.137. The van der Waals surface area contributed by atoms with Gasteiger partial charge in [0.15, 0.2) is 11.5 Å². The molecule has 0 amide bonds. The molecule has 0 heterocycles. The van der Waals surface area contributed by atoms with Gasteiger partial charge < -0.3 is 9.47 Å². The molecule has 0 aromatic heterocycles. The average molecular weight is 403 g/mol. The van der Waals surface area contributed by atoms with Crippen LogP contribution in [-0.4, -0.2) is 20.4 Å². The van der Waals surface area contributed by atoms with Gasteiger partial charge in [-0.1, -0.05) is 22.0 Å². The highest BCUT2D eigenvalue weighted by atomic mass is 79.9. The van der Waals surface area contributed by atoms with Crippen LogP contribution in [0.3, 0.4) is 0 Å². The van der Waals surface area contributed by atoms with Gasteiger partial charge in [-0.2, -0.15) is 18.3 Å². The van der Waals surface area contributed by atoms with Gasteiger partial charge in [-0.15, -0.1) is 0 Å². The maximum Gasteiger partial charge on any atom is 0.416 e. The number of halogens is 4. The Balaban J connectivity index is 2.22. The van der Waals surface area contributed by atoms with Crippen molar-refractivity contribution in [3.8, 4) is 11.5 Å². The molecule has 0 saturated heterocycles. The van der Waals surface area contributed by atoms with Gasteiger partial charge >= 0.3 is 6.18 Å². The zero-order chi connectivity index (χ0) is 17.7.